The lowest BCUT2D eigenvalue weighted by Gasteiger charge is -2.30. The lowest BCUT2D eigenvalue weighted by atomic mass is 10.0. The van der Waals surface area contributed by atoms with Crippen molar-refractivity contribution in [3.63, 3.8) is 0 Å². The SMILES string of the molecule is COc1cccc(NC(=O)c2cccc(S(=O)(=O)N3CCCC(C)C3)c2)c1. The van der Waals surface area contributed by atoms with Crippen molar-refractivity contribution in [1.82, 2.24) is 4.31 Å². The first-order valence-electron chi connectivity index (χ1n) is 8.96. The zero-order valence-electron chi connectivity index (χ0n) is 15.5. The Morgan fingerprint density at radius 2 is 1.96 bits per heavy atom. The van der Waals surface area contributed by atoms with Crippen LogP contribution in [0.25, 0.3) is 0 Å². The van der Waals surface area contributed by atoms with Gasteiger partial charge >= 0.3 is 0 Å². The normalized spacial score (nSPS) is 18.1. The lowest BCUT2D eigenvalue weighted by Crippen LogP contribution is -2.39. The number of carbonyl (C=O) groups is 1. The van der Waals surface area contributed by atoms with Crippen molar-refractivity contribution in [1.29, 1.82) is 0 Å². The van der Waals surface area contributed by atoms with Crippen LogP contribution < -0.4 is 10.1 Å². The van der Waals surface area contributed by atoms with Gasteiger partial charge in [-0.05, 0) is 49.1 Å². The molecular weight excluding hydrogens is 364 g/mol. The maximum Gasteiger partial charge on any atom is 0.255 e. The topological polar surface area (TPSA) is 75.7 Å². The number of benzene rings is 2. The molecule has 1 fully saturated rings. The van der Waals surface area contributed by atoms with Crippen LogP contribution >= 0.6 is 0 Å². The van der Waals surface area contributed by atoms with Gasteiger partial charge in [-0.1, -0.05) is 19.1 Å². The molecular formula is C20H24N2O4S. The minimum atomic E-state index is -3.60. The average Bonchev–Trinajstić information content (AvgIpc) is 2.68. The number of hydrogen-bond acceptors (Lipinski definition) is 4. The van der Waals surface area contributed by atoms with Gasteiger partial charge < -0.3 is 10.1 Å². The fourth-order valence-electron chi connectivity index (χ4n) is 3.22. The number of methoxy groups -OCH3 is 1. The third-order valence-electron chi connectivity index (χ3n) is 4.68. The van der Waals surface area contributed by atoms with E-state index in [2.05, 4.69) is 12.2 Å². The maximum atomic E-state index is 12.9. The molecule has 0 aromatic heterocycles. The van der Waals surface area contributed by atoms with E-state index in [4.69, 9.17) is 4.74 Å². The van der Waals surface area contributed by atoms with E-state index in [-0.39, 0.29) is 10.8 Å². The zero-order chi connectivity index (χ0) is 19.4. The van der Waals surface area contributed by atoms with Crippen molar-refractivity contribution in [2.75, 3.05) is 25.5 Å². The van der Waals surface area contributed by atoms with Crippen LogP contribution in [-0.2, 0) is 10.0 Å². The Labute approximate surface area is 160 Å². The molecule has 0 aliphatic carbocycles. The smallest absolute Gasteiger partial charge is 0.255 e. The number of nitrogens with one attached hydrogen (secondary N) is 1. The molecule has 1 unspecified atom stereocenters. The van der Waals surface area contributed by atoms with Crippen molar-refractivity contribution in [3.8, 4) is 5.75 Å². The summed E-state index contributed by atoms with van der Waals surface area (Å²) in [6.45, 7) is 3.09. The van der Waals surface area contributed by atoms with Gasteiger partial charge in [-0.15, -0.1) is 0 Å². The summed E-state index contributed by atoms with van der Waals surface area (Å²) in [5.74, 6) is 0.601. The largest absolute Gasteiger partial charge is 0.497 e. The van der Waals surface area contributed by atoms with Crippen molar-refractivity contribution in [2.24, 2.45) is 5.92 Å². The summed E-state index contributed by atoms with van der Waals surface area (Å²) in [5.41, 5.74) is 0.876. The number of rotatable bonds is 5. The van der Waals surface area contributed by atoms with Crippen molar-refractivity contribution in [2.45, 2.75) is 24.7 Å². The number of sulfonamides is 1. The molecule has 2 aromatic carbocycles. The van der Waals surface area contributed by atoms with Crippen LogP contribution in [0, 0.1) is 5.92 Å². The van der Waals surface area contributed by atoms with Crippen LogP contribution in [0.1, 0.15) is 30.1 Å². The van der Waals surface area contributed by atoms with E-state index >= 15 is 0 Å². The minimum absolute atomic E-state index is 0.148. The summed E-state index contributed by atoms with van der Waals surface area (Å²) in [4.78, 5) is 12.7. The van der Waals surface area contributed by atoms with Crippen LogP contribution in [0.5, 0.6) is 5.75 Å². The van der Waals surface area contributed by atoms with E-state index in [0.29, 0.717) is 36.0 Å². The van der Waals surface area contributed by atoms with Gasteiger partial charge in [-0.2, -0.15) is 4.31 Å². The van der Waals surface area contributed by atoms with Gasteiger partial charge in [-0.25, -0.2) is 8.42 Å². The van der Waals surface area contributed by atoms with Gasteiger partial charge in [0.1, 0.15) is 5.75 Å². The molecule has 1 N–H and O–H groups in total. The highest BCUT2D eigenvalue weighted by atomic mass is 32.2. The first-order valence-corrected chi connectivity index (χ1v) is 10.4. The first kappa shape index (κ1) is 19.4. The molecule has 3 rings (SSSR count). The number of piperidine rings is 1. The lowest BCUT2D eigenvalue weighted by molar-refractivity contribution is 0.102. The summed E-state index contributed by atoms with van der Waals surface area (Å²) in [7, 11) is -2.05. The Hall–Kier alpha value is -2.38. The molecule has 144 valence electrons. The van der Waals surface area contributed by atoms with E-state index in [9.17, 15) is 13.2 Å². The van der Waals surface area contributed by atoms with Crippen LogP contribution in [0.15, 0.2) is 53.4 Å². The van der Waals surface area contributed by atoms with Gasteiger partial charge in [0.15, 0.2) is 0 Å². The first-order chi connectivity index (χ1) is 12.9. The van der Waals surface area contributed by atoms with Gasteiger partial charge in [0.25, 0.3) is 5.91 Å². The Bertz CT molecular complexity index is 927. The molecule has 1 amide bonds. The van der Waals surface area contributed by atoms with E-state index < -0.39 is 10.0 Å². The number of ether oxygens (including phenoxy) is 1. The Balaban J connectivity index is 1.81. The highest BCUT2D eigenvalue weighted by molar-refractivity contribution is 7.89. The molecule has 6 nitrogen and oxygen atoms in total. The van der Waals surface area contributed by atoms with E-state index in [1.165, 1.54) is 16.4 Å². The van der Waals surface area contributed by atoms with Crippen LogP contribution in [0.2, 0.25) is 0 Å². The highest BCUT2D eigenvalue weighted by Crippen LogP contribution is 2.24. The number of carbonyl (C=O) groups excluding carboxylic acids is 1. The zero-order valence-corrected chi connectivity index (χ0v) is 16.3. The molecule has 1 saturated heterocycles. The number of amides is 1. The van der Waals surface area contributed by atoms with E-state index in [1.807, 2.05) is 0 Å². The summed E-state index contributed by atoms with van der Waals surface area (Å²) in [6.07, 6.45) is 1.89. The average molecular weight is 388 g/mol. The predicted molar refractivity (Wildman–Crippen MR) is 105 cm³/mol. The summed E-state index contributed by atoms with van der Waals surface area (Å²) < 4.78 is 32.5. The minimum Gasteiger partial charge on any atom is -0.497 e. The summed E-state index contributed by atoms with van der Waals surface area (Å²) in [5, 5.41) is 2.77. The molecule has 0 radical (unpaired) electrons. The standard InChI is InChI=1S/C20H24N2O4S/c1-15-6-5-11-22(14-15)27(24,25)19-10-3-7-16(12-19)20(23)21-17-8-4-9-18(13-17)26-2/h3-4,7-10,12-13,15H,5-6,11,14H2,1-2H3,(H,21,23). The molecule has 1 aliphatic heterocycles. The van der Waals surface area contributed by atoms with Gasteiger partial charge in [0, 0.05) is 30.4 Å². The Morgan fingerprint density at radius 1 is 1.19 bits per heavy atom. The predicted octanol–water partition coefficient (Wildman–Crippen LogP) is 3.37. The second-order valence-corrected chi connectivity index (χ2v) is 8.76. The molecule has 27 heavy (non-hydrogen) atoms. The second kappa shape index (κ2) is 8.10. The van der Waals surface area contributed by atoms with E-state index in [1.54, 1.807) is 43.5 Å². The molecule has 2 aromatic rings. The van der Waals surface area contributed by atoms with Crippen LogP contribution in [0.3, 0.4) is 0 Å². The molecule has 0 saturated carbocycles. The van der Waals surface area contributed by atoms with Gasteiger partial charge in [0.2, 0.25) is 10.0 Å². The van der Waals surface area contributed by atoms with E-state index in [0.717, 1.165) is 12.8 Å². The maximum absolute atomic E-state index is 12.9. The fraction of sp³-hybridized carbons (Fsp3) is 0.350. The number of hydrogen-bond donors (Lipinski definition) is 1. The van der Waals surface area contributed by atoms with Gasteiger partial charge in [0.05, 0.1) is 12.0 Å². The molecule has 1 aliphatic rings. The van der Waals surface area contributed by atoms with Crippen LogP contribution in [-0.4, -0.2) is 38.8 Å². The monoisotopic (exact) mass is 388 g/mol. The van der Waals surface area contributed by atoms with Crippen LogP contribution in [0.4, 0.5) is 5.69 Å². The second-order valence-electron chi connectivity index (χ2n) is 6.82. The molecule has 7 heteroatoms. The third kappa shape index (κ3) is 4.48. The van der Waals surface area contributed by atoms with Crippen molar-refractivity contribution in [3.05, 3.63) is 54.1 Å². The number of nitrogens with zero attached hydrogens (tertiary/aromatic N) is 1. The number of anilines is 1. The summed E-state index contributed by atoms with van der Waals surface area (Å²) >= 11 is 0. The Kier molecular flexibility index (Phi) is 5.82. The third-order valence-corrected chi connectivity index (χ3v) is 6.54. The quantitative estimate of drug-likeness (QED) is 0.852. The molecule has 0 spiro atoms. The fourth-order valence-corrected chi connectivity index (χ4v) is 4.86. The molecule has 1 heterocycles. The molecule has 1 atom stereocenters. The summed E-state index contributed by atoms with van der Waals surface area (Å²) in [6, 6.07) is 13.2. The van der Waals surface area contributed by atoms with Gasteiger partial charge in [-0.3, -0.25) is 4.79 Å². The Morgan fingerprint density at radius 3 is 2.70 bits per heavy atom. The van der Waals surface area contributed by atoms with Crippen molar-refractivity contribution >= 4 is 21.6 Å². The molecule has 0 bridgehead atoms. The van der Waals surface area contributed by atoms with Crippen molar-refractivity contribution < 1.29 is 17.9 Å². The highest BCUT2D eigenvalue weighted by Gasteiger charge is 2.29.